The van der Waals surface area contributed by atoms with Crippen LogP contribution < -0.4 is 10.1 Å². The second kappa shape index (κ2) is 9.09. The third kappa shape index (κ3) is 5.35. The molecular weight excluding hydrogens is 366 g/mol. The van der Waals surface area contributed by atoms with Gasteiger partial charge in [-0.3, -0.25) is 9.59 Å². The molecule has 0 radical (unpaired) electrons. The first-order chi connectivity index (χ1) is 13.8. The Bertz CT molecular complexity index is 889. The lowest BCUT2D eigenvalue weighted by molar-refractivity contribution is -0.122. The molecule has 0 aliphatic carbocycles. The number of carbonyl (C=O) groups excluding carboxylic acids is 2. The van der Waals surface area contributed by atoms with Gasteiger partial charge in [-0.25, -0.2) is 0 Å². The molecule has 154 valence electrons. The zero-order chi connectivity index (χ0) is 21.0. The van der Waals surface area contributed by atoms with Crippen LogP contribution in [0.25, 0.3) is 0 Å². The molecule has 1 fully saturated rings. The minimum atomic E-state index is -0.660. The molecule has 0 spiro atoms. The zero-order valence-electron chi connectivity index (χ0n) is 17.6. The molecule has 6 nitrogen and oxygen atoms in total. The molecule has 3 rings (SSSR count). The lowest BCUT2D eigenvalue weighted by atomic mass is 10.1. The molecule has 1 heterocycles. The number of rotatable bonds is 5. The summed E-state index contributed by atoms with van der Waals surface area (Å²) in [6, 6.07) is 13.0. The van der Waals surface area contributed by atoms with Crippen molar-refractivity contribution in [1.29, 1.82) is 0 Å². The summed E-state index contributed by atoms with van der Waals surface area (Å²) in [5, 5.41) is 2.86. The number of hydrogen-bond acceptors (Lipinski definition) is 4. The van der Waals surface area contributed by atoms with Crippen LogP contribution in [0, 0.1) is 13.8 Å². The standard InChI is InChI=1S/C23H29N3O3/c1-16-8-9-17(2)21(14-16)29-18(3)22(27)24-20-7-5-6-19(15-20)23(28)26-12-10-25(4)11-13-26/h5-9,14-15,18H,10-13H2,1-4H3,(H,24,27). The number of nitrogens with zero attached hydrogens (tertiary/aromatic N) is 2. The van der Waals surface area contributed by atoms with E-state index in [0.29, 0.717) is 30.1 Å². The van der Waals surface area contributed by atoms with E-state index in [1.165, 1.54) is 0 Å². The van der Waals surface area contributed by atoms with Gasteiger partial charge < -0.3 is 19.9 Å². The van der Waals surface area contributed by atoms with E-state index < -0.39 is 6.10 Å². The van der Waals surface area contributed by atoms with Crippen LogP contribution >= 0.6 is 0 Å². The van der Waals surface area contributed by atoms with Crippen LogP contribution in [0.2, 0.25) is 0 Å². The summed E-state index contributed by atoms with van der Waals surface area (Å²) >= 11 is 0. The quantitative estimate of drug-likeness (QED) is 0.845. The minimum absolute atomic E-state index is 0.00566. The predicted octanol–water partition coefficient (Wildman–Crippen LogP) is 3.10. The Morgan fingerprint density at radius 3 is 2.48 bits per heavy atom. The van der Waals surface area contributed by atoms with E-state index in [1.807, 2.05) is 36.9 Å². The molecule has 0 bridgehead atoms. The van der Waals surface area contributed by atoms with Gasteiger partial charge in [0.1, 0.15) is 5.75 Å². The van der Waals surface area contributed by atoms with Gasteiger partial charge in [-0.1, -0.05) is 18.2 Å². The van der Waals surface area contributed by atoms with Gasteiger partial charge in [0.2, 0.25) is 0 Å². The Balaban J connectivity index is 1.64. The molecule has 0 aromatic heterocycles. The van der Waals surface area contributed by atoms with E-state index in [9.17, 15) is 9.59 Å². The summed E-state index contributed by atoms with van der Waals surface area (Å²) in [4.78, 5) is 29.4. The van der Waals surface area contributed by atoms with Crippen molar-refractivity contribution >= 4 is 17.5 Å². The van der Waals surface area contributed by atoms with E-state index in [2.05, 4.69) is 17.3 Å². The summed E-state index contributed by atoms with van der Waals surface area (Å²) in [7, 11) is 2.06. The number of benzene rings is 2. The van der Waals surface area contributed by atoms with Crippen LogP contribution in [0.3, 0.4) is 0 Å². The number of likely N-dealkylation sites (N-methyl/N-ethyl adjacent to an activating group) is 1. The summed E-state index contributed by atoms with van der Waals surface area (Å²) in [5.74, 6) is 0.440. The molecule has 1 unspecified atom stereocenters. The van der Waals surface area contributed by atoms with E-state index in [-0.39, 0.29) is 11.8 Å². The molecule has 0 saturated carbocycles. The van der Waals surface area contributed by atoms with Crippen LogP contribution in [0.5, 0.6) is 5.75 Å². The van der Waals surface area contributed by atoms with Crippen molar-refractivity contribution in [1.82, 2.24) is 9.80 Å². The predicted molar refractivity (Wildman–Crippen MR) is 114 cm³/mol. The molecule has 6 heteroatoms. The highest BCUT2D eigenvalue weighted by atomic mass is 16.5. The van der Waals surface area contributed by atoms with Gasteiger partial charge in [-0.05, 0) is 63.2 Å². The molecule has 1 N–H and O–H groups in total. The van der Waals surface area contributed by atoms with Crippen LogP contribution in [0.15, 0.2) is 42.5 Å². The van der Waals surface area contributed by atoms with Gasteiger partial charge in [0.05, 0.1) is 0 Å². The van der Waals surface area contributed by atoms with E-state index in [1.54, 1.807) is 31.2 Å². The summed E-state index contributed by atoms with van der Waals surface area (Å²) < 4.78 is 5.85. The van der Waals surface area contributed by atoms with Gasteiger partial charge >= 0.3 is 0 Å². The molecular formula is C23H29N3O3. The van der Waals surface area contributed by atoms with E-state index >= 15 is 0 Å². The largest absolute Gasteiger partial charge is 0.481 e. The van der Waals surface area contributed by atoms with Gasteiger partial charge in [0, 0.05) is 37.4 Å². The fourth-order valence-corrected chi connectivity index (χ4v) is 3.24. The average Bonchev–Trinajstić information content (AvgIpc) is 2.71. The number of hydrogen-bond donors (Lipinski definition) is 1. The number of nitrogens with one attached hydrogen (secondary N) is 1. The fraction of sp³-hybridized carbons (Fsp3) is 0.391. The van der Waals surface area contributed by atoms with Crippen LogP contribution in [0.4, 0.5) is 5.69 Å². The molecule has 29 heavy (non-hydrogen) atoms. The molecule has 2 aromatic carbocycles. The maximum atomic E-state index is 12.8. The summed E-state index contributed by atoms with van der Waals surface area (Å²) in [6.45, 7) is 8.83. The lowest BCUT2D eigenvalue weighted by Crippen LogP contribution is -2.47. The van der Waals surface area contributed by atoms with Crippen molar-refractivity contribution in [3.05, 3.63) is 59.2 Å². The highest BCUT2D eigenvalue weighted by molar-refractivity contribution is 5.98. The number of anilines is 1. The van der Waals surface area contributed by atoms with E-state index in [4.69, 9.17) is 4.74 Å². The number of ether oxygens (including phenoxy) is 1. The Kier molecular flexibility index (Phi) is 6.54. The fourth-order valence-electron chi connectivity index (χ4n) is 3.24. The minimum Gasteiger partial charge on any atom is -0.481 e. The third-order valence-corrected chi connectivity index (χ3v) is 5.18. The number of aryl methyl sites for hydroxylation is 2. The average molecular weight is 396 g/mol. The monoisotopic (exact) mass is 395 g/mol. The van der Waals surface area contributed by atoms with Gasteiger partial charge in [-0.15, -0.1) is 0 Å². The van der Waals surface area contributed by atoms with Crippen molar-refractivity contribution in [2.45, 2.75) is 26.9 Å². The Labute approximate surface area is 172 Å². The van der Waals surface area contributed by atoms with Crippen LogP contribution in [-0.4, -0.2) is 60.9 Å². The van der Waals surface area contributed by atoms with Crippen molar-refractivity contribution < 1.29 is 14.3 Å². The smallest absolute Gasteiger partial charge is 0.265 e. The maximum Gasteiger partial charge on any atom is 0.265 e. The molecule has 1 saturated heterocycles. The van der Waals surface area contributed by atoms with Crippen LogP contribution in [0.1, 0.15) is 28.4 Å². The Morgan fingerprint density at radius 1 is 1.03 bits per heavy atom. The normalized spacial score (nSPS) is 15.7. The van der Waals surface area contributed by atoms with Gasteiger partial charge in [0.25, 0.3) is 11.8 Å². The van der Waals surface area contributed by atoms with Crippen LogP contribution in [-0.2, 0) is 4.79 Å². The highest BCUT2D eigenvalue weighted by Gasteiger charge is 2.21. The van der Waals surface area contributed by atoms with E-state index in [0.717, 1.165) is 24.2 Å². The van der Waals surface area contributed by atoms with Crippen molar-refractivity contribution in [3.63, 3.8) is 0 Å². The summed E-state index contributed by atoms with van der Waals surface area (Å²) in [5.41, 5.74) is 3.23. The molecule has 1 aliphatic rings. The number of piperazine rings is 1. The Morgan fingerprint density at radius 2 is 1.76 bits per heavy atom. The Hall–Kier alpha value is -2.86. The summed E-state index contributed by atoms with van der Waals surface area (Å²) in [6.07, 6.45) is -0.660. The number of carbonyl (C=O) groups is 2. The molecule has 1 atom stereocenters. The van der Waals surface area contributed by atoms with Gasteiger partial charge in [-0.2, -0.15) is 0 Å². The third-order valence-electron chi connectivity index (χ3n) is 5.18. The first-order valence-corrected chi connectivity index (χ1v) is 9.96. The maximum absolute atomic E-state index is 12.8. The van der Waals surface area contributed by atoms with Crippen molar-refractivity contribution in [2.75, 3.05) is 38.5 Å². The highest BCUT2D eigenvalue weighted by Crippen LogP contribution is 2.21. The molecule has 2 amide bonds. The SMILES string of the molecule is Cc1ccc(C)c(OC(C)C(=O)Nc2cccc(C(=O)N3CCN(C)CC3)c2)c1. The first-order valence-electron chi connectivity index (χ1n) is 9.96. The second-order valence-corrected chi connectivity index (χ2v) is 7.69. The van der Waals surface area contributed by atoms with Gasteiger partial charge in [0.15, 0.2) is 6.10 Å². The molecule has 2 aromatic rings. The zero-order valence-corrected chi connectivity index (χ0v) is 17.6. The second-order valence-electron chi connectivity index (χ2n) is 7.69. The first kappa shape index (κ1) is 20.9. The lowest BCUT2D eigenvalue weighted by Gasteiger charge is -2.32. The van der Waals surface area contributed by atoms with Crippen molar-refractivity contribution in [3.8, 4) is 5.75 Å². The van der Waals surface area contributed by atoms with Crippen molar-refractivity contribution in [2.24, 2.45) is 0 Å². The topological polar surface area (TPSA) is 61.9 Å². The number of amides is 2. The molecule has 1 aliphatic heterocycles.